The number of nitrogens with one attached hydrogen (secondary N) is 1. The third-order valence-corrected chi connectivity index (χ3v) is 2.44. The fraction of sp³-hybridized carbons (Fsp3) is 0.400. The van der Waals surface area contributed by atoms with Crippen LogP contribution < -0.4 is 5.32 Å². The van der Waals surface area contributed by atoms with Gasteiger partial charge in [0, 0.05) is 5.92 Å². The first-order valence-electron chi connectivity index (χ1n) is 5.35. The van der Waals surface area contributed by atoms with Gasteiger partial charge in [-0.05, 0) is 12.8 Å². The van der Waals surface area contributed by atoms with Gasteiger partial charge in [-0.3, -0.25) is 0 Å². The Hall–Kier alpha value is -2.05. The van der Waals surface area contributed by atoms with Crippen LogP contribution in [0.3, 0.4) is 0 Å². The summed E-state index contributed by atoms with van der Waals surface area (Å²) in [5.74, 6) is 1.57. The molecule has 1 aliphatic carbocycles. The zero-order valence-electron chi connectivity index (χ0n) is 8.93. The summed E-state index contributed by atoms with van der Waals surface area (Å²) < 4.78 is 17.7. The van der Waals surface area contributed by atoms with Gasteiger partial charge in [0.1, 0.15) is 0 Å². The summed E-state index contributed by atoms with van der Waals surface area (Å²) in [6, 6.07) is 0. The predicted molar refractivity (Wildman–Crippen MR) is 55.6 cm³/mol. The Labute approximate surface area is 96.3 Å². The van der Waals surface area contributed by atoms with Crippen LogP contribution >= 0.6 is 0 Å². The summed E-state index contributed by atoms with van der Waals surface area (Å²) >= 11 is 0. The van der Waals surface area contributed by atoms with Crippen molar-refractivity contribution < 1.29 is 8.91 Å². The number of hydrogen-bond donors (Lipinski definition) is 1. The quantitative estimate of drug-likeness (QED) is 0.865. The molecule has 2 aromatic rings. The first-order chi connectivity index (χ1) is 8.31. The van der Waals surface area contributed by atoms with Gasteiger partial charge in [0.05, 0.1) is 18.9 Å². The van der Waals surface area contributed by atoms with Crippen LogP contribution in [-0.2, 0) is 6.54 Å². The molecule has 0 unspecified atom stereocenters. The lowest BCUT2D eigenvalue weighted by molar-refractivity contribution is 0.374. The predicted octanol–water partition coefficient (Wildman–Crippen LogP) is 1.49. The van der Waals surface area contributed by atoms with Crippen molar-refractivity contribution in [3.05, 3.63) is 29.9 Å². The minimum absolute atomic E-state index is 0.337. The Morgan fingerprint density at radius 1 is 1.35 bits per heavy atom. The molecule has 1 fully saturated rings. The van der Waals surface area contributed by atoms with Gasteiger partial charge in [-0.2, -0.15) is 4.98 Å². The molecule has 1 saturated carbocycles. The van der Waals surface area contributed by atoms with E-state index in [9.17, 15) is 4.39 Å². The molecule has 0 saturated heterocycles. The van der Waals surface area contributed by atoms with Crippen molar-refractivity contribution in [2.45, 2.75) is 25.3 Å². The van der Waals surface area contributed by atoms with Crippen molar-refractivity contribution in [3.8, 4) is 0 Å². The van der Waals surface area contributed by atoms with Crippen molar-refractivity contribution in [1.29, 1.82) is 0 Å². The van der Waals surface area contributed by atoms with Crippen LogP contribution in [0.1, 0.15) is 30.5 Å². The fourth-order valence-electron chi connectivity index (χ4n) is 1.40. The lowest BCUT2D eigenvalue weighted by Crippen LogP contribution is -2.04. The minimum Gasteiger partial charge on any atom is -0.347 e. The van der Waals surface area contributed by atoms with E-state index >= 15 is 0 Å². The molecule has 88 valence electrons. The molecule has 0 spiro atoms. The van der Waals surface area contributed by atoms with Crippen molar-refractivity contribution in [1.82, 2.24) is 20.1 Å². The Bertz CT molecular complexity index is 508. The van der Waals surface area contributed by atoms with E-state index in [1.807, 2.05) is 0 Å². The van der Waals surface area contributed by atoms with Crippen LogP contribution in [-0.4, -0.2) is 20.1 Å². The normalized spacial score (nSPS) is 14.9. The topological polar surface area (TPSA) is 76.7 Å². The standard InChI is InChI=1S/C10H10FN5O/c11-7-3-12-10(13-4-7)14-5-8-15-9(17-16-8)6-1-2-6/h3-4,6H,1-2,5H2,(H,12,13,14). The highest BCUT2D eigenvalue weighted by atomic mass is 19.1. The Morgan fingerprint density at radius 3 is 2.82 bits per heavy atom. The molecular weight excluding hydrogens is 225 g/mol. The molecule has 17 heavy (non-hydrogen) atoms. The second-order valence-electron chi connectivity index (χ2n) is 3.90. The highest BCUT2D eigenvalue weighted by Gasteiger charge is 2.29. The van der Waals surface area contributed by atoms with Crippen LogP contribution in [0, 0.1) is 5.82 Å². The van der Waals surface area contributed by atoms with Gasteiger partial charge in [0.25, 0.3) is 0 Å². The number of nitrogens with zero attached hydrogens (tertiary/aromatic N) is 4. The molecule has 0 bridgehead atoms. The van der Waals surface area contributed by atoms with E-state index in [1.54, 1.807) is 0 Å². The minimum atomic E-state index is -0.467. The van der Waals surface area contributed by atoms with E-state index in [0.717, 1.165) is 25.2 Å². The zero-order chi connectivity index (χ0) is 11.7. The molecule has 0 aromatic carbocycles. The summed E-state index contributed by atoms with van der Waals surface area (Å²) in [5, 5.41) is 6.72. The first kappa shape index (κ1) is 10.1. The monoisotopic (exact) mass is 235 g/mol. The molecule has 1 aliphatic rings. The molecule has 3 rings (SSSR count). The van der Waals surface area contributed by atoms with Gasteiger partial charge in [0.15, 0.2) is 11.6 Å². The maximum atomic E-state index is 12.6. The molecule has 0 atom stereocenters. The lowest BCUT2D eigenvalue weighted by Gasteiger charge is -1.99. The van der Waals surface area contributed by atoms with E-state index < -0.39 is 5.82 Å². The molecule has 6 nitrogen and oxygen atoms in total. The summed E-state index contributed by atoms with van der Waals surface area (Å²) in [6.45, 7) is 0.363. The smallest absolute Gasteiger partial charge is 0.229 e. The van der Waals surface area contributed by atoms with Gasteiger partial charge in [-0.25, -0.2) is 14.4 Å². The Morgan fingerprint density at radius 2 is 2.12 bits per heavy atom. The Kier molecular flexibility index (Phi) is 2.43. The van der Waals surface area contributed by atoms with Crippen LogP contribution in [0.15, 0.2) is 16.9 Å². The van der Waals surface area contributed by atoms with Crippen LogP contribution in [0.5, 0.6) is 0 Å². The number of halogens is 1. The lowest BCUT2D eigenvalue weighted by atomic mass is 10.4. The second-order valence-corrected chi connectivity index (χ2v) is 3.90. The first-order valence-corrected chi connectivity index (χ1v) is 5.35. The van der Waals surface area contributed by atoms with Gasteiger partial charge in [0.2, 0.25) is 11.8 Å². The maximum Gasteiger partial charge on any atom is 0.229 e. The molecule has 0 radical (unpaired) electrons. The van der Waals surface area contributed by atoms with Crippen LogP contribution in [0.4, 0.5) is 10.3 Å². The van der Waals surface area contributed by atoms with Crippen molar-refractivity contribution >= 4 is 5.95 Å². The van der Waals surface area contributed by atoms with Gasteiger partial charge in [-0.15, -0.1) is 0 Å². The highest BCUT2D eigenvalue weighted by molar-refractivity contribution is 5.22. The number of aromatic nitrogens is 4. The summed E-state index contributed by atoms with van der Waals surface area (Å²) in [6.07, 6.45) is 4.44. The number of hydrogen-bond acceptors (Lipinski definition) is 6. The molecular formula is C10H10FN5O. The van der Waals surface area contributed by atoms with E-state index in [-0.39, 0.29) is 0 Å². The molecule has 0 amide bonds. The number of rotatable bonds is 4. The van der Waals surface area contributed by atoms with E-state index in [2.05, 4.69) is 25.4 Å². The van der Waals surface area contributed by atoms with E-state index in [0.29, 0.717) is 30.1 Å². The highest BCUT2D eigenvalue weighted by Crippen LogP contribution is 2.38. The maximum absolute atomic E-state index is 12.6. The molecule has 7 heteroatoms. The third kappa shape index (κ3) is 2.38. The van der Waals surface area contributed by atoms with Gasteiger partial charge < -0.3 is 9.84 Å². The van der Waals surface area contributed by atoms with Gasteiger partial charge >= 0.3 is 0 Å². The van der Waals surface area contributed by atoms with Crippen LogP contribution in [0.2, 0.25) is 0 Å². The summed E-state index contributed by atoms with van der Waals surface area (Å²) in [7, 11) is 0. The van der Waals surface area contributed by atoms with Crippen LogP contribution in [0.25, 0.3) is 0 Å². The molecule has 0 aliphatic heterocycles. The van der Waals surface area contributed by atoms with Crippen molar-refractivity contribution in [2.75, 3.05) is 5.32 Å². The average molecular weight is 235 g/mol. The van der Waals surface area contributed by atoms with Gasteiger partial charge in [-0.1, -0.05) is 5.16 Å². The zero-order valence-corrected chi connectivity index (χ0v) is 8.93. The second kappa shape index (κ2) is 4.08. The Balaban J connectivity index is 1.60. The average Bonchev–Trinajstić information content (AvgIpc) is 3.09. The van der Waals surface area contributed by atoms with Crippen molar-refractivity contribution in [3.63, 3.8) is 0 Å². The molecule has 2 aromatic heterocycles. The number of anilines is 1. The molecule has 1 N–H and O–H groups in total. The van der Waals surface area contributed by atoms with E-state index in [1.165, 1.54) is 0 Å². The largest absolute Gasteiger partial charge is 0.347 e. The fourth-order valence-corrected chi connectivity index (χ4v) is 1.40. The SMILES string of the molecule is Fc1cnc(NCc2noc(C3CC3)n2)nc1. The molecule has 2 heterocycles. The van der Waals surface area contributed by atoms with Crippen molar-refractivity contribution in [2.24, 2.45) is 0 Å². The summed E-state index contributed by atoms with van der Waals surface area (Å²) in [5.41, 5.74) is 0. The third-order valence-electron chi connectivity index (χ3n) is 2.44. The summed E-state index contributed by atoms with van der Waals surface area (Å²) in [4.78, 5) is 11.8. The van der Waals surface area contributed by atoms with E-state index in [4.69, 9.17) is 4.52 Å².